The van der Waals surface area contributed by atoms with Crippen molar-refractivity contribution in [3.05, 3.63) is 58.1 Å². The molecule has 274 valence electrons. The maximum absolute atomic E-state index is 13.5. The summed E-state index contributed by atoms with van der Waals surface area (Å²) in [6.45, 7) is 8.67. The fraction of sp³-hybridized carbons (Fsp3) is 0.658. The summed E-state index contributed by atoms with van der Waals surface area (Å²) in [7, 11) is -3.91. The standard InChI is InChI=1S/C38H51Cl2N3O6S/c1-24-6-5-8-34(38-48-22-32(23-49-38)43-19-31(40)20-43)33-13-10-28(33)18-42-15-4-3-7-26-16-30(39)12-9-29(26)21-47-36-14-11-27(17-35(36)42)37(44)41-50(45,46)25(24)2/h9,11-12,14,16-17,24-25,28,31-34,38H,3-8,10,13,15,18-23H2,1-2H3,(H,41,44)/t24-,25+,28-,32?,33+,34+,38?/m0/s1. The quantitative estimate of drug-likeness (QED) is 0.342. The zero-order valence-electron chi connectivity index (χ0n) is 29.2. The molecule has 1 aliphatic carbocycles. The van der Waals surface area contributed by atoms with E-state index in [0.717, 1.165) is 93.8 Å². The number of hydrogen-bond acceptors (Lipinski definition) is 8. The first kappa shape index (κ1) is 36.3. The van der Waals surface area contributed by atoms with Crippen molar-refractivity contribution < 1.29 is 27.4 Å². The molecular weight excluding hydrogens is 697 g/mol. The molecule has 1 saturated carbocycles. The Morgan fingerprint density at radius 3 is 2.42 bits per heavy atom. The number of amides is 1. The van der Waals surface area contributed by atoms with Crippen molar-refractivity contribution >= 4 is 44.8 Å². The molecule has 4 aliphatic heterocycles. The summed E-state index contributed by atoms with van der Waals surface area (Å²) in [5, 5.41) is 0.198. The number of carbonyl (C=O) groups excluding carboxylic acids is 1. The van der Waals surface area contributed by atoms with Crippen molar-refractivity contribution in [3.8, 4) is 5.75 Å². The monoisotopic (exact) mass is 747 g/mol. The third-order valence-electron chi connectivity index (χ3n) is 12.1. The number of halogens is 2. The van der Waals surface area contributed by atoms with Gasteiger partial charge in [0, 0.05) is 42.7 Å². The number of benzene rings is 2. The molecule has 0 spiro atoms. The van der Waals surface area contributed by atoms with E-state index in [4.69, 9.17) is 37.4 Å². The molecule has 5 aliphatic rings. The van der Waals surface area contributed by atoms with Crippen molar-refractivity contribution in [2.45, 2.75) is 94.8 Å². The van der Waals surface area contributed by atoms with Gasteiger partial charge in [0.2, 0.25) is 10.0 Å². The van der Waals surface area contributed by atoms with Crippen LogP contribution >= 0.6 is 23.2 Å². The van der Waals surface area contributed by atoms with Crippen LogP contribution in [0, 0.1) is 23.7 Å². The Bertz CT molecular complexity index is 1630. The second-order valence-electron chi connectivity index (χ2n) is 15.3. The number of ether oxygens (including phenoxy) is 3. The average Bonchev–Trinajstić information content (AvgIpc) is 3.10. The molecule has 7 rings (SSSR count). The van der Waals surface area contributed by atoms with Gasteiger partial charge in [-0.2, -0.15) is 0 Å². The van der Waals surface area contributed by atoms with Crippen LogP contribution < -0.4 is 14.4 Å². The van der Waals surface area contributed by atoms with Gasteiger partial charge in [0.15, 0.2) is 6.29 Å². The van der Waals surface area contributed by atoms with Crippen LogP contribution in [0.5, 0.6) is 5.75 Å². The third kappa shape index (κ3) is 7.96. The van der Waals surface area contributed by atoms with Crippen LogP contribution in [0.3, 0.4) is 0 Å². The molecule has 0 aromatic heterocycles. The van der Waals surface area contributed by atoms with Gasteiger partial charge in [-0.15, -0.1) is 11.6 Å². The number of anilines is 1. The zero-order chi connectivity index (χ0) is 35.0. The molecule has 2 saturated heterocycles. The Labute approximate surface area is 307 Å². The summed E-state index contributed by atoms with van der Waals surface area (Å²) in [6.07, 6.45) is 7.28. The maximum Gasteiger partial charge on any atom is 0.264 e. The van der Waals surface area contributed by atoms with E-state index in [1.54, 1.807) is 13.0 Å². The first-order valence-corrected chi connectivity index (χ1v) is 20.9. The van der Waals surface area contributed by atoms with E-state index in [1.165, 1.54) is 5.56 Å². The lowest BCUT2D eigenvalue weighted by Gasteiger charge is -2.49. The Morgan fingerprint density at radius 1 is 0.880 bits per heavy atom. The molecule has 3 fully saturated rings. The minimum atomic E-state index is -3.91. The molecule has 1 amide bonds. The lowest BCUT2D eigenvalue weighted by atomic mass is 9.65. The fourth-order valence-corrected chi connectivity index (χ4v) is 10.4. The minimum absolute atomic E-state index is 0.132. The normalized spacial score (nSPS) is 32.9. The smallest absolute Gasteiger partial charge is 0.264 e. The highest BCUT2D eigenvalue weighted by atomic mass is 35.5. The molecule has 12 heteroatoms. The lowest BCUT2D eigenvalue weighted by Crippen LogP contribution is -2.59. The predicted molar refractivity (Wildman–Crippen MR) is 197 cm³/mol. The summed E-state index contributed by atoms with van der Waals surface area (Å²) in [4.78, 5) is 18.3. The molecule has 2 aromatic carbocycles. The van der Waals surface area contributed by atoms with Crippen molar-refractivity contribution in [1.82, 2.24) is 9.62 Å². The predicted octanol–water partition coefficient (Wildman–Crippen LogP) is 6.64. The average molecular weight is 749 g/mol. The topological polar surface area (TPSA) is 97.4 Å². The van der Waals surface area contributed by atoms with E-state index in [1.807, 2.05) is 37.3 Å². The van der Waals surface area contributed by atoms with Crippen molar-refractivity contribution in [1.29, 1.82) is 0 Å². The zero-order valence-corrected chi connectivity index (χ0v) is 31.5. The number of carbonyl (C=O) groups is 1. The Balaban J connectivity index is 1.19. The summed E-state index contributed by atoms with van der Waals surface area (Å²) in [5.74, 6) is 0.986. The molecule has 1 N–H and O–H groups in total. The SMILES string of the molecule is C[C@@H]1[C@@H](C)CCC[C@@H](C2OCC(N3CC(Cl)C3)CO2)[C@@H]2CC[C@H]2CN2CCCCc3cc(Cl)ccc3COc3ccc(cc32)C(=O)NS1(=O)=O. The molecule has 50 heavy (non-hydrogen) atoms. The highest BCUT2D eigenvalue weighted by Crippen LogP contribution is 2.46. The summed E-state index contributed by atoms with van der Waals surface area (Å²) in [5.41, 5.74) is 3.41. The molecule has 5 atom stereocenters. The van der Waals surface area contributed by atoms with Crippen LogP contribution in [-0.4, -0.2) is 81.6 Å². The number of aryl methyl sites for hydroxylation is 1. The van der Waals surface area contributed by atoms with Gasteiger partial charge in [0.1, 0.15) is 12.4 Å². The van der Waals surface area contributed by atoms with Crippen LogP contribution in [0.25, 0.3) is 0 Å². The number of likely N-dealkylation sites (tertiary alicyclic amines) is 1. The summed E-state index contributed by atoms with van der Waals surface area (Å²) >= 11 is 12.6. The fourth-order valence-electron chi connectivity index (χ4n) is 8.52. The van der Waals surface area contributed by atoms with E-state index >= 15 is 0 Å². The summed E-state index contributed by atoms with van der Waals surface area (Å²) < 4.78 is 48.9. The molecule has 9 nitrogen and oxygen atoms in total. The van der Waals surface area contributed by atoms with Gasteiger partial charge in [-0.3, -0.25) is 9.69 Å². The van der Waals surface area contributed by atoms with Gasteiger partial charge in [-0.1, -0.05) is 31.0 Å². The largest absolute Gasteiger partial charge is 0.487 e. The highest BCUT2D eigenvalue weighted by molar-refractivity contribution is 7.90. The Hall–Kier alpha value is -2.08. The van der Waals surface area contributed by atoms with E-state index in [0.29, 0.717) is 43.0 Å². The second-order valence-corrected chi connectivity index (χ2v) is 18.4. The van der Waals surface area contributed by atoms with E-state index in [9.17, 15) is 13.2 Å². The van der Waals surface area contributed by atoms with E-state index in [2.05, 4.69) is 14.5 Å². The van der Waals surface area contributed by atoms with E-state index in [-0.39, 0.29) is 29.5 Å². The minimum Gasteiger partial charge on any atom is -0.487 e. The van der Waals surface area contributed by atoms with Crippen LogP contribution in [0.1, 0.15) is 80.3 Å². The lowest BCUT2D eigenvalue weighted by molar-refractivity contribution is -0.246. The highest BCUT2D eigenvalue weighted by Gasteiger charge is 2.45. The summed E-state index contributed by atoms with van der Waals surface area (Å²) in [6, 6.07) is 11.5. The van der Waals surface area contributed by atoms with Gasteiger partial charge < -0.3 is 19.1 Å². The van der Waals surface area contributed by atoms with Gasteiger partial charge in [0.05, 0.1) is 35.6 Å². The van der Waals surface area contributed by atoms with Crippen LogP contribution in [-0.2, 0) is 32.5 Å². The number of nitrogens with one attached hydrogen (secondary N) is 1. The molecule has 2 bridgehead atoms. The maximum atomic E-state index is 13.5. The van der Waals surface area contributed by atoms with Gasteiger partial charge in [-0.05, 0) is 111 Å². The van der Waals surface area contributed by atoms with Crippen LogP contribution in [0.15, 0.2) is 36.4 Å². The van der Waals surface area contributed by atoms with Gasteiger partial charge >= 0.3 is 0 Å². The molecule has 4 heterocycles. The van der Waals surface area contributed by atoms with Crippen LogP contribution in [0.2, 0.25) is 5.02 Å². The first-order valence-electron chi connectivity index (χ1n) is 18.5. The number of alkyl halides is 1. The van der Waals surface area contributed by atoms with E-state index < -0.39 is 21.2 Å². The van der Waals surface area contributed by atoms with Gasteiger partial charge in [0.25, 0.3) is 5.91 Å². The molecule has 0 unspecified atom stereocenters. The number of sulfonamides is 1. The van der Waals surface area contributed by atoms with Crippen molar-refractivity contribution in [2.24, 2.45) is 23.7 Å². The van der Waals surface area contributed by atoms with Crippen molar-refractivity contribution in [3.63, 3.8) is 0 Å². The number of nitrogens with zero attached hydrogens (tertiary/aromatic N) is 2. The Kier molecular flexibility index (Phi) is 11.2. The third-order valence-corrected chi connectivity index (χ3v) is 14.5. The van der Waals surface area contributed by atoms with Crippen LogP contribution in [0.4, 0.5) is 5.69 Å². The number of fused-ring (bicyclic) bond motifs is 3. The van der Waals surface area contributed by atoms with Crippen molar-refractivity contribution in [2.75, 3.05) is 44.3 Å². The second kappa shape index (κ2) is 15.5. The van der Waals surface area contributed by atoms with Gasteiger partial charge in [-0.25, -0.2) is 13.1 Å². The first-order chi connectivity index (χ1) is 24.1. The molecule has 2 aromatic rings. The number of rotatable bonds is 2. The molecular formula is C38H51Cl2N3O6S. The Morgan fingerprint density at radius 2 is 1.68 bits per heavy atom. The number of hydrogen-bond donors (Lipinski definition) is 1. The molecule has 0 radical (unpaired) electrons.